The van der Waals surface area contributed by atoms with Gasteiger partial charge in [0.05, 0.1) is 0 Å². The van der Waals surface area contributed by atoms with Crippen LogP contribution in [0.15, 0.2) is 48.7 Å². The van der Waals surface area contributed by atoms with E-state index >= 15 is 0 Å². The monoisotopic (exact) mass is 443 g/mol. The molecule has 2 rings (SSSR count). The second kappa shape index (κ2) is 8.62. The Kier molecular flexibility index (Phi) is 6.53. The summed E-state index contributed by atoms with van der Waals surface area (Å²) in [5.41, 5.74) is 0.771. The van der Waals surface area contributed by atoms with Crippen LogP contribution in [-0.4, -0.2) is 16.9 Å². The Balaban J connectivity index is 2.27. The third-order valence-corrected chi connectivity index (χ3v) is 6.65. The number of hydrogen-bond donors (Lipinski definition) is 0. The Bertz CT molecular complexity index is 691. The topological polar surface area (TPSA) is 74.7 Å². The first-order valence-corrected chi connectivity index (χ1v) is 10.1. The number of para-hydroxylation sites is 1. The minimum absolute atomic E-state index is 0.306. The van der Waals surface area contributed by atoms with Gasteiger partial charge in [-0.15, -0.1) is 0 Å². The van der Waals surface area contributed by atoms with Crippen LogP contribution in [0, 0.1) is 3.57 Å². The molecule has 0 saturated carbocycles. The summed E-state index contributed by atoms with van der Waals surface area (Å²) in [5, 5.41) is 0. The van der Waals surface area contributed by atoms with Crippen molar-refractivity contribution < 1.29 is 20.5 Å². The van der Waals surface area contributed by atoms with Crippen LogP contribution in [0.2, 0.25) is 0 Å². The van der Waals surface area contributed by atoms with Gasteiger partial charge in [0.1, 0.15) is 0 Å². The Hall–Kier alpha value is -2.16. The number of ether oxygens (including phenoxy) is 1. The molecule has 7 heteroatoms. The number of halogens is 1. The SMILES string of the molecule is CC(=O)OI(OC(C)=O)c1ccccc1O[C@@H](C)c1ccccn1. The van der Waals surface area contributed by atoms with Gasteiger partial charge in [0, 0.05) is 0 Å². The van der Waals surface area contributed by atoms with E-state index < -0.39 is 32.6 Å². The second-order valence-electron chi connectivity index (χ2n) is 4.80. The van der Waals surface area contributed by atoms with Gasteiger partial charge in [-0.2, -0.15) is 0 Å². The van der Waals surface area contributed by atoms with Crippen molar-refractivity contribution >= 4 is 32.6 Å². The third kappa shape index (κ3) is 5.19. The van der Waals surface area contributed by atoms with Gasteiger partial charge < -0.3 is 0 Å². The summed E-state index contributed by atoms with van der Waals surface area (Å²) in [6.45, 7) is 4.44. The van der Waals surface area contributed by atoms with E-state index in [-0.39, 0.29) is 6.10 Å². The summed E-state index contributed by atoms with van der Waals surface area (Å²) in [6.07, 6.45) is 1.39. The number of carbonyl (C=O) groups is 2. The fourth-order valence-electron chi connectivity index (χ4n) is 1.83. The quantitative estimate of drug-likeness (QED) is 0.632. The number of rotatable bonds is 6. The summed E-state index contributed by atoms with van der Waals surface area (Å²) in [5.74, 6) is -0.466. The number of carbonyl (C=O) groups excluding carboxylic acids is 2. The molecule has 1 heterocycles. The number of pyridine rings is 1. The minimum atomic E-state index is -2.95. The zero-order valence-electron chi connectivity index (χ0n) is 13.6. The maximum atomic E-state index is 11.3. The zero-order valence-corrected chi connectivity index (χ0v) is 15.7. The molecule has 0 bridgehead atoms. The molecular formula is C17H18INO5. The van der Waals surface area contributed by atoms with Crippen LogP contribution in [0.3, 0.4) is 0 Å². The fourth-order valence-corrected chi connectivity index (χ4v) is 4.76. The average Bonchev–Trinajstić information content (AvgIpc) is 2.54. The van der Waals surface area contributed by atoms with E-state index in [2.05, 4.69) is 4.98 Å². The van der Waals surface area contributed by atoms with Crippen LogP contribution in [0.4, 0.5) is 0 Å². The van der Waals surface area contributed by atoms with Gasteiger partial charge >= 0.3 is 149 Å². The standard InChI is InChI=1S/C17H18INO5/c1-12(16-9-6-7-11-19-16)22-17-10-5-4-8-15(17)18(23-13(2)20)24-14(3)21/h4-12H,1-3H3/t12-/m0/s1. The molecule has 6 nitrogen and oxygen atoms in total. The first-order valence-electron chi connectivity index (χ1n) is 7.22. The fraction of sp³-hybridized carbons (Fsp3) is 0.235. The van der Waals surface area contributed by atoms with Crippen LogP contribution in [-0.2, 0) is 15.7 Å². The molecule has 1 aromatic heterocycles. The summed E-state index contributed by atoms with van der Waals surface area (Å²) in [4.78, 5) is 26.9. The van der Waals surface area contributed by atoms with E-state index in [1.54, 1.807) is 30.5 Å². The Labute approximate surface area is 148 Å². The Morgan fingerprint density at radius 3 is 2.21 bits per heavy atom. The van der Waals surface area contributed by atoms with Crippen molar-refractivity contribution in [1.82, 2.24) is 4.98 Å². The van der Waals surface area contributed by atoms with Crippen molar-refractivity contribution in [2.24, 2.45) is 0 Å². The van der Waals surface area contributed by atoms with Gasteiger partial charge in [-0.3, -0.25) is 0 Å². The molecule has 0 aliphatic heterocycles. The maximum absolute atomic E-state index is 11.3. The molecule has 2 aromatic rings. The molecule has 0 aliphatic carbocycles. The van der Waals surface area contributed by atoms with Crippen molar-refractivity contribution in [3.63, 3.8) is 0 Å². The molecule has 0 unspecified atom stereocenters. The van der Waals surface area contributed by atoms with Crippen LogP contribution in [0.1, 0.15) is 32.6 Å². The summed E-state index contributed by atoms with van der Waals surface area (Å²) in [7, 11) is 0. The van der Waals surface area contributed by atoms with Gasteiger partial charge in [-0.1, -0.05) is 0 Å². The van der Waals surface area contributed by atoms with Crippen LogP contribution in [0.25, 0.3) is 0 Å². The molecule has 0 aliphatic rings. The summed E-state index contributed by atoms with van der Waals surface area (Å²) in [6, 6.07) is 12.7. The first kappa shape index (κ1) is 18.2. The first-order chi connectivity index (χ1) is 11.5. The third-order valence-electron chi connectivity index (χ3n) is 2.77. The van der Waals surface area contributed by atoms with E-state index in [1.165, 1.54) is 13.8 Å². The van der Waals surface area contributed by atoms with Crippen molar-refractivity contribution in [2.75, 3.05) is 0 Å². The average molecular weight is 443 g/mol. The molecule has 0 amide bonds. The van der Waals surface area contributed by atoms with E-state index in [4.69, 9.17) is 10.9 Å². The van der Waals surface area contributed by atoms with Crippen LogP contribution in [0.5, 0.6) is 5.75 Å². The summed E-state index contributed by atoms with van der Waals surface area (Å²) < 4.78 is 17.1. The van der Waals surface area contributed by atoms with Gasteiger partial charge in [0.15, 0.2) is 0 Å². The van der Waals surface area contributed by atoms with E-state index in [0.717, 1.165) is 5.69 Å². The predicted octanol–water partition coefficient (Wildman–Crippen LogP) is 3.85. The number of hydrogen-bond acceptors (Lipinski definition) is 6. The molecule has 1 aromatic carbocycles. The van der Waals surface area contributed by atoms with Crippen molar-refractivity contribution in [2.45, 2.75) is 26.9 Å². The Morgan fingerprint density at radius 1 is 1.00 bits per heavy atom. The van der Waals surface area contributed by atoms with Crippen molar-refractivity contribution in [1.29, 1.82) is 0 Å². The molecule has 0 fully saturated rings. The van der Waals surface area contributed by atoms with Gasteiger partial charge in [0.2, 0.25) is 0 Å². The van der Waals surface area contributed by atoms with Crippen LogP contribution < -0.4 is 4.74 Å². The van der Waals surface area contributed by atoms with Gasteiger partial charge in [-0.05, 0) is 0 Å². The van der Waals surface area contributed by atoms with Crippen LogP contribution >= 0.6 is 20.6 Å². The predicted molar refractivity (Wildman–Crippen MR) is 96.0 cm³/mol. The molecule has 0 radical (unpaired) electrons. The van der Waals surface area contributed by atoms with Crippen molar-refractivity contribution in [3.05, 3.63) is 57.9 Å². The number of nitrogens with zero attached hydrogens (tertiary/aromatic N) is 1. The molecule has 0 saturated heterocycles. The Morgan fingerprint density at radius 2 is 1.62 bits per heavy atom. The number of benzene rings is 1. The molecule has 0 spiro atoms. The summed E-state index contributed by atoms with van der Waals surface area (Å²) >= 11 is -2.95. The zero-order chi connectivity index (χ0) is 17.5. The molecule has 0 N–H and O–H groups in total. The molecule has 1 atom stereocenters. The number of aromatic nitrogens is 1. The van der Waals surface area contributed by atoms with Gasteiger partial charge in [-0.25, -0.2) is 0 Å². The second-order valence-corrected chi connectivity index (χ2v) is 8.08. The molecule has 128 valence electrons. The molecular weight excluding hydrogens is 425 g/mol. The normalized spacial score (nSPS) is 12.0. The van der Waals surface area contributed by atoms with Gasteiger partial charge in [0.25, 0.3) is 0 Å². The van der Waals surface area contributed by atoms with E-state index in [9.17, 15) is 9.59 Å². The van der Waals surface area contributed by atoms with Crippen molar-refractivity contribution in [3.8, 4) is 5.75 Å². The van der Waals surface area contributed by atoms with E-state index in [0.29, 0.717) is 9.32 Å². The molecule has 24 heavy (non-hydrogen) atoms. The van der Waals surface area contributed by atoms with E-state index in [1.807, 2.05) is 25.1 Å².